The molecule has 0 aliphatic carbocycles. The third-order valence-electron chi connectivity index (χ3n) is 4.46. The van der Waals surface area contributed by atoms with Gasteiger partial charge in [0, 0.05) is 10.6 Å². The van der Waals surface area contributed by atoms with E-state index in [0.717, 1.165) is 16.7 Å². The molecule has 0 bridgehead atoms. The predicted molar refractivity (Wildman–Crippen MR) is 111 cm³/mol. The highest BCUT2D eigenvalue weighted by atomic mass is 35.5. The van der Waals surface area contributed by atoms with Gasteiger partial charge in [0.1, 0.15) is 6.04 Å². The van der Waals surface area contributed by atoms with E-state index in [4.69, 9.17) is 16.0 Å². The van der Waals surface area contributed by atoms with Crippen LogP contribution in [0, 0.1) is 0 Å². The molecule has 1 N–H and O–H groups in total. The third-order valence-corrected chi connectivity index (χ3v) is 4.82. The molecule has 0 saturated carbocycles. The topological polar surface area (TPSA) is 68.0 Å². The number of benzene rings is 3. The summed E-state index contributed by atoms with van der Waals surface area (Å²) in [5.74, 6) is 0.538. The quantitative estimate of drug-likeness (QED) is 0.500. The predicted octanol–water partition coefficient (Wildman–Crippen LogP) is 4.84. The monoisotopic (exact) mass is 403 g/mol. The fraction of sp³-hybridized carbons (Fsp3) is 0.0870. The van der Waals surface area contributed by atoms with Crippen LogP contribution in [0.4, 0.5) is 0 Å². The molecule has 1 heterocycles. The van der Waals surface area contributed by atoms with Gasteiger partial charge in [0.2, 0.25) is 17.7 Å². The van der Waals surface area contributed by atoms with E-state index < -0.39 is 6.04 Å². The average Bonchev–Trinajstić information content (AvgIpc) is 3.25. The molecule has 1 amide bonds. The molecule has 0 saturated heterocycles. The van der Waals surface area contributed by atoms with Crippen molar-refractivity contribution in [1.82, 2.24) is 15.5 Å². The Balaban J connectivity index is 1.60. The number of aromatic nitrogens is 2. The number of hydrogen-bond acceptors (Lipinski definition) is 4. The summed E-state index contributed by atoms with van der Waals surface area (Å²) in [7, 11) is 0. The number of nitrogens with zero attached hydrogens (tertiary/aromatic N) is 2. The number of carbonyl (C=O) groups excluding carboxylic acids is 1. The van der Waals surface area contributed by atoms with Gasteiger partial charge in [-0.2, -0.15) is 0 Å². The molecule has 1 atom stereocenters. The summed E-state index contributed by atoms with van der Waals surface area (Å²) in [5.41, 5.74) is 2.43. The van der Waals surface area contributed by atoms with Gasteiger partial charge in [0.25, 0.3) is 0 Å². The summed E-state index contributed by atoms with van der Waals surface area (Å²) in [6, 6.07) is 25.8. The minimum Gasteiger partial charge on any atom is -0.418 e. The lowest BCUT2D eigenvalue weighted by molar-refractivity contribution is -0.121. The number of rotatable bonds is 6. The Bertz CT molecular complexity index is 1100. The van der Waals surface area contributed by atoms with E-state index in [9.17, 15) is 4.79 Å². The van der Waals surface area contributed by atoms with Gasteiger partial charge in [-0.25, -0.2) is 0 Å². The number of hydrogen-bond donors (Lipinski definition) is 1. The highest BCUT2D eigenvalue weighted by Gasteiger charge is 2.23. The van der Waals surface area contributed by atoms with Gasteiger partial charge in [0.05, 0.1) is 6.42 Å². The summed E-state index contributed by atoms with van der Waals surface area (Å²) in [6.45, 7) is 0. The maximum absolute atomic E-state index is 12.7. The number of carbonyl (C=O) groups is 1. The van der Waals surface area contributed by atoms with Crippen molar-refractivity contribution in [1.29, 1.82) is 0 Å². The molecular formula is C23H18ClN3O2. The van der Waals surface area contributed by atoms with E-state index >= 15 is 0 Å². The van der Waals surface area contributed by atoms with E-state index in [-0.39, 0.29) is 12.3 Å². The van der Waals surface area contributed by atoms with Crippen molar-refractivity contribution in [3.63, 3.8) is 0 Å². The molecule has 0 unspecified atom stereocenters. The summed E-state index contributed by atoms with van der Waals surface area (Å²) in [5, 5.41) is 11.9. The summed E-state index contributed by atoms with van der Waals surface area (Å²) >= 11 is 6.19. The molecule has 0 fully saturated rings. The van der Waals surface area contributed by atoms with E-state index in [1.165, 1.54) is 0 Å². The highest BCUT2D eigenvalue weighted by molar-refractivity contribution is 6.31. The zero-order valence-electron chi connectivity index (χ0n) is 15.5. The Morgan fingerprint density at radius 1 is 0.897 bits per heavy atom. The van der Waals surface area contributed by atoms with Crippen LogP contribution in [0.25, 0.3) is 11.5 Å². The van der Waals surface area contributed by atoms with Crippen LogP contribution in [0.5, 0.6) is 0 Å². The molecule has 1 aromatic heterocycles. The molecule has 144 valence electrons. The fourth-order valence-corrected chi connectivity index (χ4v) is 3.21. The molecule has 4 rings (SSSR count). The zero-order valence-corrected chi connectivity index (χ0v) is 16.2. The highest BCUT2D eigenvalue weighted by Crippen LogP contribution is 2.25. The van der Waals surface area contributed by atoms with Crippen molar-refractivity contribution in [2.75, 3.05) is 0 Å². The van der Waals surface area contributed by atoms with Crippen molar-refractivity contribution in [2.24, 2.45) is 0 Å². The molecule has 3 aromatic carbocycles. The minimum absolute atomic E-state index is 0.155. The molecule has 0 aliphatic heterocycles. The van der Waals surface area contributed by atoms with Crippen molar-refractivity contribution < 1.29 is 9.21 Å². The van der Waals surface area contributed by atoms with Crippen molar-refractivity contribution in [3.8, 4) is 11.5 Å². The Kier molecular flexibility index (Phi) is 5.68. The number of nitrogens with one attached hydrogen (secondary N) is 1. The van der Waals surface area contributed by atoms with Crippen LogP contribution in [0.1, 0.15) is 23.1 Å². The maximum atomic E-state index is 12.7. The van der Waals surface area contributed by atoms with Crippen LogP contribution < -0.4 is 5.32 Å². The summed E-state index contributed by atoms with van der Waals surface area (Å²) in [6.07, 6.45) is 0.155. The van der Waals surface area contributed by atoms with Crippen LogP contribution in [0.3, 0.4) is 0 Å². The van der Waals surface area contributed by atoms with Gasteiger partial charge < -0.3 is 9.73 Å². The van der Waals surface area contributed by atoms with Crippen molar-refractivity contribution in [2.45, 2.75) is 12.5 Å². The van der Waals surface area contributed by atoms with Gasteiger partial charge in [-0.1, -0.05) is 78.3 Å². The largest absolute Gasteiger partial charge is 0.418 e. The Morgan fingerprint density at radius 3 is 2.28 bits per heavy atom. The van der Waals surface area contributed by atoms with Gasteiger partial charge >= 0.3 is 0 Å². The Hall–Kier alpha value is -3.44. The van der Waals surface area contributed by atoms with E-state index in [1.54, 1.807) is 6.07 Å². The van der Waals surface area contributed by atoms with E-state index in [2.05, 4.69) is 15.5 Å². The lowest BCUT2D eigenvalue weighted by Crippen LogP contribution is -2.31. The smallest absolute Gasteiger partial charge is 0.247 e. The fourth-order valence-electron chi connectivity index (χ4n) is 3.01. The molecule has 0 radical (unpaired) electrons. The van der Waals surface area contributed by atoms with Gasteiger partial charge in [0.15, 0.2) is 0 Å². The van der Waals surface area contributed by atoms with E-state index in [0.29, 0.717) is 16.8 Å². The summed E-state index contributed by atoms with van der Waals surface area (Å²) in [4.78, 5) is 12.7. The first-order valence-electron chi connectivity index (χ1n) is 9.17. The second-order valence-electron chi connectivity index (χ2n) is 6.49. The molecule has 0 aliphatic rings. The van der Waals surface area contributed by atoms with Crippen LogP contribution in [-0.2, 0) is 11.2 Å². The first kappa shape index (κ1) is 18.9. The third kappa shape index (κ3) is 4.52. The standard InChI is InChI=1S/C23H18ClN3O2/c24-19-14-8-7-13-18(19)15-20(28)25-21(16-9-3-1-4-10-16)23-27-26-22(29-23)17-11-5-2-6-12-17/h1-14,21H,15H2,(H,25,28)/t21-/m1/s1. The summed E-state index contributed by atoms with van der Waals surface area (Å²) < 4.78 is 5.90. The molecule has 5 nitrogen and oxygen atoms in total. The first-order valence-corrected chi connectivity index (χ1v) is 9.55. The molecule has 4 aromatic rings. The molecule has 0 spiro atoms. The second kappa shape index (κ2) is 8.71. The van der Waals surface area contributed by atoms with E-state index in [1.807, 2.05) is 78.9 Å². The number of amides is 1. The molecule has 29 heavy (non-hydrogen) atoms. The lowest BCUT2D eigenvalue weighted by atomic mass is 10.1. The van der Waals surface area contributed by atoms with Crippen LogP contribution >= 0.6 is 11.6 Å². The average molecular weight is 404 g/mol. The Morgan fingerprint density at radius 2 is 1.55 bits per heavy atom. The van der Waals surface area contributed by atoms with Gasteiger partial charge in [-0.15, -0.1) is 10.2 Å². The van der Waals surface area contributed by atoms with Crippen molar-refractivity contribution in [3.05, 3.63) is 107 Å². The van der Waals surface area contributed by atoms with Crippen LogP contribution in [0.2, 0.25) is 5.02 Å². The lowest BCUT2D eigenvalue weighted by Gasteiger charge is -2.16. The molecule has 6 heteroatoms. The molecular weight excluding hydrogens is 386 g/mol. The second-order valence-corrected chi connectivity index (χ2v) is 6.90. The first-order chi connectivity index (χ1) is 14.2. The zero-order chi connectivity index (χ0) is 20.1. The number of halogens is 1. The normalized spacial score (nSPS) is 11.8. The van der Waals surface area contributed by atoms with Gasteiger partial charge in [-0.05, 0) is 29.3 Å². The SMILES string of the molecule is O=C(Cc1ccccc1Cl)N[C@H](c1ccccc1)c1nnc(-c2ccccc2)o1. The minimum atomic E-state index is -0.559. The Labute approximate surface area is 173 Å². The van der Waals surface area contributed by atoms with Gasteiger partial charge in [-0.3, -0.25) is 4.79 Å². The van der Waals surface area contributed by atoms with Crippen molar-refractivity contribution >= 4 is 17.5 Å². The maximum Gasteiger partial charge on any atom is 0.247 e. The van der Waals surface area contributed by atoms with Crippen LogP contribution in [-0.4, -0.2) is 16.1 Å². The van der Waals surface area contributed by atoms with Crippen LogP contribution in [0.15, 0.2) is 89.3 Å².